The van der Waals surface area contributed by atoms with E-state index in [1.165, 1.54) is 0 Å². The Kier molecular flexibility index (Phi) is 4.48. The van der Waals surface area contributed by atoms with E-state index in [4.69, 9.17) is 0 Å². The van der Waals surface area contributed by atoms with Crippen LogP contribution in [0.5, 0.6) is 0 Å². The largest absolute Gasteiger partial charge is 0.297 e. The Labute approximate surface area is 153 Å². The number of carbonyl (C=O) groups is 1. The van der Waals surface area contributed by atoms with Crippen LogP contribution in [0.2, 0.25) is 0 Å². The molecule has 0 aliphatic carbocycles. The minimum absolute atomic E-state index is 0.0495. The van der Waals surface area contributed by atoms with Gasteiger partial charge in [-0.3, -0.25) is 9.69 Å². The fraction of sp³-hybridized carbons (Fsp3) is 0.0417. The van der Waals surface area contributed by atoms with E-state index in [2.05, 4.69) is 12.1 Å². The molecule has 1 atom stereocenters. The molecule has 2 heteroatoms. The molecule has 4 rings (SSSR count). The van der Waals surface area contributed by atoms with Gasteiger partial charge in [0.05, 0.1) is 6.04 Å². The lowest BCUT2D eigenvalue weighted by Gasteiger charge is -2.43. The average molecular weight is 337 g/mol. The number of rotatable bonds is 4. The number of amides is 1. The van der Waals surface area contributed by atoms with Crippen molar-refractivity contribution in [3.05, 3.63) is 120 Å². The molecule has 1 aliphatic rings. The molecule has 0 N–H and O–H groups in total. The van der Waals surface area contributed by atoms with E-state index in [9.17, 15) is 4.79 Å². The van der Waals surface area contributed by atoms with Crippen LogP contribution in [-0.2, 0) is 4.79 Å². The highest BCUT2D eigenvalue weighted by Crippen LogP contribution is 2.42. The zero-order valence-electron chi connectivity index (χ0n) is 14.3. The number of anilines is 1. The molecule has 1 heterocycles. The Morgan fingerprint density at radius 3 is 1.96 bits per heavy atom. The van der Waals surface area contributed by atoms with Crippen LogP contribution in [0.3, 0.4) is 0 Å². The summed E-state index contributed by atoms with van der Waals surface area (Å²) < 4.78 is 0. The molecule has 0 spiro atoms. The third kappa shape index (κ3) is 3.09. The molecule has 1 unspecified atom stereocenters. The number of para-hydroxylation sites is 1. The topological polar surface area (TPSA) is 20.3 Å². The number of β-lactam (4-membered cyclic amide) rings is 1. The van der Waals surface area contributed by atoms with Crippen LogP contribution in [0.25, 0.3) is 6.08 Å². The van der Waals surface area contributed by atoms with Crippen LogP contribution in [-0.4, -0.2) is 5.91 Å². The molecule has 2 nitrogen and oxygen atoms in total. The van der Waals surface area contributed by atoms with Crippen molar-refractivity contribution in [1.29, 1.82) is 0 Å². The SMILES string of the molecule is O=C1/C(=C\C=C\c2ccccc2)C(c2ccccc2)N1c1ccccc1. The summed E-state index contributed by atoms with van der Waals surface area (Å²) in [6, 6.07) is 30.0. The molecule has 1 saturated heterocycles. The zero-order chi connectivity index (χ0) is 17.8. The molecule has 1 fully saturated rings. The fourth-order valence-corrected chi connectivity index (χ4v) is 3.25. The molecule has 3 aromatic rings. The second-order valence-corrected chi connectivity index (χ2v) is 6.22. The lowest BCUT2D eigenvalue weighted by molar-refractivity contribution is -0.119. The van der Waals surface area contributed by atoms with Crippen LogP contribution in [0, 0.1) is 0 Å². The summed E-state index contributed by atoms with van der Waals surface area (Å²) in [6.07, 6.45) is 5.92. The van der Waals surface area contributed by atoms with Gasteiger partial charge in [-0.1, -0.05) is 97.1 Å². The van der Waals surface area contributed by atoms with Gasteiger partial charge in [-0.25, -0.2) is 0 Å². The van der Waals surface area contributed by atoms with Crippen LogP contribution < -0.4 is 4.90 Å². The van der Waals surface area contributed by atoms with E-state index in [1.807, 2.05) is 102 Å². The number of carbonyl (C=O) groups excluding carboxylic acids is 1. The first-order chi connectivity index (χ1) is 12.8. The first-order valence-corrected chi connectivity index (χ1v) is 8.71. The van der Waals surface area contributed by atoms with E-state index in [0.29, 0.717) is 0 Å². The van der Waals surface area contributed by atoms with Crippen molar-refractivity contribution < 1.29 is 4.79 Å². The number of hydrogen-bond acceptors (Lipinski definition) is 1. The van der Waals surface area contributed by atoms with Gasteiger partial charge in [0.1, 0.15) is 0 Å². The van der Waals surface area contributed by atoms with Gasteiger partial charge < -0.3 is 0 Å². The maximum Gasteiger partial charge on any atom is 0.257 e. The molecule has 0 radical (unpaired) electrons. The fourth-order valence-electron chi connectivity index (χ4n) is 3.25. The smallest absolute Gasteiger partial charge is 0.257 e. The molecule has 0 saturated carbocycles. The van der Waals surface area contributed by atoms with Gasteiger partial charge in [0.2, 0.25) is 0 Å². The normalized spacial score (nSPS) is 18.3. The second-order valence-electron chi connectivity index (χ2n) is 6.22. The van der Waals surface area contributed by atoms with Crippen molar-refractivity contribution >= 4 is 17.7 Å². The summed E-state index contributed by atoms with van der Waals surface area (Å²) >= 11 is 0. The van der Waals surface area contributed by atoms with E-state index >= 15 is 0 Å². The van der Waals surface area contributed by atoms with Crippen molar-refractivity contribution in [2.24, 2.45) is 0 Å². The first kappa shape index (κ1) is 16.1. The molecule has 1 aliphatic heterocycles. The van der Waals surface area contributed by atoms with Crippen molar-refractivity contribution in [1.82, 2.24) is 0 Å². The summed E-state index contributed by atoms with van der Waals surface area (Å²) in [5.41, 5.74) is 3.98. The number of hydrogen-bond donors (Lipinski definition) is 0. The number of benzene rings is 3. The summed E-state index contributed by atoms with van der Waals surface area (Å²) in [5, 5.41) is 0. The van der Waals surface area contributed by atoms with Crippen molar-refractivity contribution in [2.75, 3.05) is 4.90 Å². The Balaban J connectivity index is 1.67. The maximum atomic E-state index is 12.8. The van der Waals surface area contributed by atoms with Crippen LogP contribution in [0.15, 0.2) is 109 Å². The van der Waals surface area contributed by atoms with Crippen molar-refractivity contribution in [3.63, 3.8) is 0 Å². The highest BCUT2D eigenvalue weighted by atomic mass is 16.2. The minimum atomic E-state index is -0.0495. The minimum Gasteiger partial charge on any atom is -0.297 e. The summed E-state index contributed by atoms with van der Waals surface area (Å²) in [6.45, 7) is 0. The molecule has 0 aromatic heterocycles. The third-order valence-corrected chi connectivity index (χ3v) is 4.53. The maximum absolute atomic E-state index is 12.8. The van der Waals surface area contributed by atoms with E-state index in [1.54, 1.807) is 0 Å². The molecule has 0 bridgehead atoms. The highest BCUT2D eigenvalue weighted by molar-refractivity contribution is 6.15. The van der Waals surface area contributed by atoms with E-state index in [-0.39, 0.29) is 11.9 Å². The molecular formula is C24H19NO. The van der Waals surface area contributed by atoms with Gasteiger partial charge in [-0.05, 0) is 23.3 Å². The van der Waals surface area contributed by atoms with E-state index in [0.717, 1.165) is 22.4 Å². The van der Waals surface area contributed by atoms with E-state index < -0.39 is 0 Å². The van der Waals surface area contributed by atoms with Gasteiger partial charge in [0.15, 0.2) is 0 Å². The Bertz CT molecular complexity index is 943. The predicted octanol–water partition coefficient (Wildman–Crippen LogP) is 5.41. The van der Waals surface area contributed by atoms with Gasteiger partial charge >= 0.3 is 0 Å². The Hall–Kier alpha value is -3.39. The predicted molar refractivity (Wildman–Crippen MR) is 107 cm³/mol. The van der Waals surface area contributed by atoms with Gasteiger partial charge in [-0.15, -0.1) is 0 Å². The lowest BCUT2D eigenvalue weighted by atomic mass is 9.87. The molecule has 126 valence electrons. The van der Waals surface area contributed by atoms with Gasteiger partial charge in [-0.2, -0.15) is 0 Å². The third-order valence-electron chi connectivity index (χ3n) is 4.53. The van der Waals surface area contributed by atoms with Gasteiger partial charge in [0.25, 0.3) is 5.91 Å². The van der Waals surface area contributed by atoms with Crippen LogP contribution >= 0.6 is 0 Å². The average Bonchev–Trinajstić information content (AvgIpc) is 2.71. The second kappa shape index (κ2) is 7.24. The molecular weight excluding hydrogens is 318 g/mol. The molecule has 1 amide bonds. The van der Waals surface area contributed by atoms with Crippen LogP contribution in [0.1, 0.15) is 17.2 Å². The van der Waals surface area contributed by atoms with Crippen LogP contribution in [0.4, 0.5) is 5.69 Å². The monoisotopic (exact) mass is 337 g/mol. The summed E-state index contributed by atoms with van der Waals surface area (Å²) in [7, 11) is 0. The molecule has 26 heavy (non-hydrogen) atoms. The van der Waals surface area contributed by atoms with Crippen molar-refractivity contribution in [3.8, 4) is 0 Å². The highest BCUT2D eigenvalue weighted by Gasteiger charge is 2.43. The van der Waals surface area contributed by atoms with Gasteiger partial charge in [0, 0.05) is 11.3 Å². The summed E-state index contributed by atoms with van der Waals surface area (Å²) in [5.74, 6) is 0.0581. The van der Waals surface area contributed by atoms with Crippen molar-refractivity contribution in [2.45, 2.75) is 6.04 Å². The molecule has 3 aromatic carbocycles. The Morgan fingerprint density at radius 1 is 0.731 bits per heavy atom. The number of allylic oxidation sites excluding steroid dienone is 2. The first-order valence-electron chi connectivity index (χ1n) is 8.71. The summed E-state index contributed by atoms with van der Waals surface area (Å²) in [4.78, 5) is 14.7. The number of nitrogens with zero attached hydrogens (tertiary/aromatic N) is 1. The standard InChI is InChI=1S/C24H19NO/c26-24-22(18-10-13-19-11-4-1-5-12-19)23(20-14-6-2-7-15-20)25(24)21-16-8-3-9-17-21/h1-18,23H/b13-10+,22-18-. The lowest BCUT2D eigenvalue weighted by Crippen LogP contribution is -2.49. The zero-order valence-corrected chi connectivity index (χ0v) is 14.3. The quantitative estimate of drug-likeness (QED) is 0.460. The Morgan fingerprint density at radius 2 is 1.31 bits per heavy atom.